The lowest BCUT2D eigenvalue weighted by Gasteiger charge is -2.00. The molecule has 0 aliphatic rings. The van der Waals surface area contributed by atoms with E-state index in [1.165, 1.54) is 0 Å². The van der Waals surface area contributed by atoms with Crippen LogP contribution in [0.25, 0.3) is 0 Å². The number of hydrogen-bond acceptors (Lipinski definition) is 4. The number of nitrogens with two attached hydrogens (primary N) is 1. The third-order valence-corrected chi connectivity index (χ3v) is 1.47. The summed E-state index contributed by atoms with van der Waals surface area (Å²) in [5, 5.41) is 8.64. The number of rotatable bonds is 2. The molecule has 0 saturated carbocycles. The van der Waals surface area contributed by atoms with Crippen LogP contribution in [-0.2, 0) is 16.9 Å². The summed E-state index contributed by atoms with van der Waals surface area (Å²) < 4.78 is 31.6. The first-order valence-corrected chi connectivity index (χ1v) is 5.36. The molecule has 0 saturated heterocycles. The molecule has 0 aliphatic carbocycles. The third kappa shape index (κ3) is 6.90. The second-order valence-electron chi connectivity index (χ2n) is 2.61. The molecule has 0 unspecified atom stereocenters. The zero-order valence-electron chi connectivity index (χ0n) is 8.07. The molecule has 0 aromatic heterocycles. The molecular formula is C8H11NO6S. The Balaban J connectivity index is 0.000000385. The van der Waals surface area contributed by atoms with Gasteiger partial charge in [0.15, 0.2) is 0 Å². The highest BCUT2D eigenvalue weighted by molar-refractivity contribution is 7.79. The van der Waals surface area contributed by atoms with E-state index in [1.54, 1.807) is 24.3 Å². The molecule has 0 heterocycles. The number of hydrogen-bond donors (Lipinski definition) is 4. The van der Waals surface area contributed by atoms with Crippen LogP contribution in [0.3, 0.4) is 0 Å². The molecule has 5 N–H and O–H groups in total. The van der Waals surface area contributed by atoms with Crippen molar-refractivity contribution in [2.45, 2.75) is 6.54 Å². The average Bonchev–Trinajstić information content (AvgIpc) is 2.15. The highest BCUT2D eigenvalue weighted by Crippen LogP contribution is 2.06. The van der Waals surface area contributed by atoms with Crippen LogP contribution in [0.4, 0.5) is 0 Å². The van der Waals surface area contributed by atoms with Crippen LogP contribution in [-0.4, -0.2) is 28.6 Å². The number of carbonyl (C=O) groups is 1. The SMILES string of the molecule is NCc1ccccc1C(=O)O.O=S(=O)(O)O. The fourth-order valence-corrected chi connectivity index (χ4v) is 0.907. The van der Waals surface area contributed by atoms with Gasteiger partial charge in [0.25, 0.3) is 0 Å². The van der Waals surface area contributed by atoms with Gasteiger partial charge in [-0.2, -0.15) is 8.42 Å². The van der Waals surface area contributed by atoms with Gasteiger partial charge in [-0.1, -0.05) is 18.2 Å². The third-order valence-electron chi connectivity index (χ3n) is 1.47. The van der Waals surface area contributed by atoms with Gasteiger partial charge in [-0.15, -0.1) is 0 Å². The van der Waals surface area contributed by atoms with Crippen LogP contribution in [0.2, 0.25) is 0 Å². The molecule has 1 aromatic carbocycles. The number of carboxylic acid groups (broad SMARTS) is 1. The van der Waals surface area contributed by atoms with Crippen LogP contribution >= 0.6 is 0 Å². The summed E-state index contributed by atoms with van der Waals surface area (Å²) >= 11 is 0. The van der Waals surface area contributed by atoms with Gasteiger partial charge in [0.1, 0.15) is 0 Å². The Kier molecular flexibility index (Phi) is 5.61. The van der Waals surface area contributed by atoms with Crippen LogP contribution in [0.1, 0.15) is 15.9 Å². The van der Waals surface area contributed by atoms with Crippen LogP contribution in [0.15, 0.2) is 24.3 Å². The minimum Gasteiger partial charge on any atom is -0.478 e. The second kappa shape index (κ2) is 6.18. The Labute approximate surface area is 92.1 Å². The maximum atomic E-state index is 10.5. The highest BCUT2D eigenvalue weighted by Gasteiger charge is 2.05. The highest BCUT2D eigenvalue weighted by atomic mass is 32.3. The van der Waals surface area contributed by atoms with E-state index >= 15 is 0 Å². The topological polar surface area (TPSA) is 138 Å². The average molecular weight is 249 g/mol. The molecular weight excluding hydrogens is 238 g/mol. The summed E-state index contributed by atoms with van der Waals surface area (Å²) in [4.78, 5) is 10.5. The van der Waals surface area contributed by atoms with Gasteiger partial charge in [0.05, 0.1) is 5.56 Å². The molecule has 7 nitrogen and oxygen atoms in total. The van der Waals surface area contributed by atoms with Crippen molar-refractivity contribution < 1.29 is 27.4 Å². The van der Waals surface area contributed by atoms with Gasteiger partial charge >= 0.3 is 16.4 Å². The van der Waals surface area contributed by atoms with Crippen molar-refractivity contribution >= 4 is 16.4 Å². The Morgan fingerprint density at radius 1 is 1.25 bits per heavy atom. The molecule has 90 valence electrons. The first-order valence-electron chi connectivity index (χ1n) is 3.97. The molecule has 0 fully saturated rings. The molecule has 0 aliphatic heterocycles. The van der Waals surface area contributed by atoms with Crippen molar-refractivity contribution in [3.05, 3.63) is 35.4 Å². The summed E-state index contributed by atoms with van der Waals surface area (Å²) in [6, 6.07) is 6.71. The van der Waals surface area contributed by atoms with Crippen molar-refractivity contribution in [3.63, 3.8) is 0 Å². The van der Waals surface area contributed by atoms with E-state index in [-0.39, 0.29) is 12.1 Å². The normalized spacial score (nSPS) is 10.2. The maximum absolute atomic E-state index is 10.5. The van der Waals surface area contributed by atoms with Crippen molar-refractivity contribution in [2.24, 2.45) is 5.73 Å². The predicted octanol–water partition coefficient (Wildman–Crippen LogP) is 0.191. The van der Waals surface area contributed by atoms with E-state index < -0.39 is 16.4 Å². The molecule has 16 heavy (non-hydrogen) atoms. The summed E-state index contributed by atoms with van der Waals surface area (Å²) in [5.41, 5.74) is 6.28. The van der Waals surface area contributed by atoms with Gasteiger partial charge < -0.3 is 10.8 Å². The summed E-state index contributed by atoms with van der Waals surface area (Å²) in [6.07, 6.45) is 0. The molecule has 1 aromatic rings. The molecule has 0 amide bonds. The number of aromatic carboxylic acids is 1. The fourth-order valence-electron chi connectivity index (χ4n) is 0.907. The standard InChI is InChI=1S/C8H9NO2.H2O4S/c9-5-6-3-1-2-4-7(6)8(10)11;1-5(2,3)4/h1-4H,5,9H2,(H,10,11);(H2,1,2,3,4). The molecule has 0 atom stereocenters. The quantitative estimate of drug-likeness (QED) is 0.549. The predicted molar refractivity (Wildman–Crippen MR) is 55.5 cm³/mol. The molecule has 1 rings (SSSR count). The second-order valence-corrected chi connectivity index (χ2v) is 3.51. The van der Waals surface area contributed by atoms with E-state index in [2.05, 4.69) is 0 Å². The Morgan fingerprint density at radius 2 is 1.69 bits per heavy atom. The van der Waals surface area contributed by atoms with E-state index in [9.17, 15) is 4.79 Å². The molecule has 8 heteroatoms. The molecule has 0 bridgehead atoms. The fraction of sp³-hybridized carbons (Fsp3) is 0.125. The monoisotopic (exact) mass is 249 g/mol. The Bertz CT molecular complexity index is 447. The lowest BCUT2D eigenvalue weighted by Crippen LogP contribution is -2.05. The van der Waals surface area contributed by atoms with Crippen LogP contribution < -0.4 is 5.73 Å². The van der Waals surface area contributed by atoms with Gasteiger partial charge in [-0.05, 0) is 11.6 Å². The van der Waals surface area contributed by atoms with E-state index in [4.69, 9.17) is 28.4 Å². The van der Waals surface area contributed by atoms with Gasteiger partial charge in [-0.3, -0.25) is 9.11 Å². The minimum atomic E-state index is -4.67. The number of carboxylic acids is 1. The van der Waals surface area contributed by atoms with Gasteiger partial charge in [0, 0.05) is 6.54 Å². The van der Waals surface area contributed by atoms with Gasteiger partial charge in [0.2, 0.25) is 0 Å². The summed E-state index contributed by atoms with van der Waals surface area (Å²) in [6.45, 7) is 0.266. The Morgan fingerprint density at radius 3 is 2.00 bits per heavy atom. The molecule has 0 radical (unpaired) electrons. The smallest absolute Gasteiger partial charge is 0.394 e. The lowest BCUT2D eigenvalue weighted by atomic mass is 10.1. The van der Waals surface area contributed by atoms with Gasteiger partial charge in [-0.25, -0.2) is 4.79 Å². The van der Waals surface area contributed by atoms with Crippen molar-refractivity contribution in [1.29, 1.82) is 0 Å². The van der Waals surface area contributed by atoms with Crippen LogP contribution in [0.5, 0.6) is 0 Å². The van der Waals surface area contributed by atoms with Crippen molar-refractivity contribution in [1.82, 2.24) is 0 Å². The van der Waals surface area contributed by atoms with Crippen molar-refractivity contribution in [3.8, 4) is 0 Å². The summed E-state index contributed by atoms with van der Waals surface area (Å²) in [7, 11) is -4.67. The maximum Gasteiger partial charge on any atom is 0.394 e. The number of benzene rings is 1. The largest absolute Gasteiger partial charge is 0.478 e. The zero-order chi connectivity index (χ0) is 12.8. The van der Waals surface area contributed by atoms with Crippen LogP contribution in [0, 0.1) is 0 Å². The minimum absolute atomic E-state index is 0.266. The summed E-state index contributed by atoms with van der Waals surface area (Å²) in [5.74, 6) is -0.925. The van der Waals surface area contributed by atoms with Crippen molar-refractivity contribution in [2.75, 3.05) is 0 Å². The molecule has 0 spiro atoms. The van der Waals surface area contributed by atoms with E-state index in [1.807, 2.05) is 0 Å². The Hall–Kier alpha value is -1.48. The zero-order valence-corrected chi connectivity index (χ0v) is 8.88. The first kappa shape index (κ1) is 14.5. The van der Waals surface area contributed by atoms with E-state index in [0.29, 0.717) is 5.56 Å². The first-order chi connectivity index (χ1) is 7.25. The van der Waals surface area contributed by atoms with E-state index in [0.717, 1.165) is 0 Å². The lowest BCUT2D eigenvalue weighted by molar-refractivity contribution is 0.0695.